The van der Waals surface area contributed by atoms with Gasteiger partial charge >= 0.3 is 0 Å². The first kappa shape index (κ1) is 22.2. The molecule has 0 bridgehead atoms. The average molecular weight is 463 g/mol. The Bertz CT molecular complexity index is 1470. The highest BCUT2D eigenvalue weighted by molar-refractivity contribution is 7.89. The van der Waals surface area contributed by atoms with Crippen LogP contribution in [0.3, 0.4) is 0 Å². The first-order valence-corrected chi connectivity index (χ1v) is 11.4. The summed E-state index contributed by atoms with van der Waals surface area (Å²) < 4.78 is 40.3. The number of aromatic amines is 1. The molecule has 3 aromatic carbocycles. The van der Waals surface area contributed by atoms with Gasteiger partial charge in [0, 0.05) is 17.7 Å². The van der Waals surface area contributed by atoms with E-state index in [1.807, 2.05) is 0 Å². The van der Waals surface area contributed by atoms with Gasteiger partial charge in [0.1, 0.15) is 11.6 Å². The number of carbonyl (C=O) groups excluding carboxylic acids is 1. The van der Waals surface area contributed by atoms with Crippen LogP contribution in [0, 0.1) is 18.2 Å². The van der Waals surface area contributed by atoms with Gasteiger partial charge in [0.05, 0.1) is 22.5 Å². The smallest absolute Gasteiger partial charge is 0.255 e. The van der Waals surface area contributed by atoms with E-state index >= 15 is 0 Å². The van der Waals surface area contributed by atoms with Crippen LogP contribution < -0.4 is 10.0 Å². The predicted octanol–water partition coefficient (Wildman–Crippen LogP) is 3.46. The summed E-state index contributed by atoms with van der Waals surface area (Å²) in [7, 11) is -3.73. The number of H-pyrrole nitrogens is 1. The van der Waals surface area contributed by atoms with E-state index in [1.54, 1.807) is 36.4 Å². The van der Waals surface area contributed by atoms with Gasteiger partial charge in [-0.3, -0.25) is 4.79 Å². The molecule has 1 aromatic heterocycles. The van der Waals surface area contributed by atoms with Gasteiger partial charge in [0.25, 0.3) is 5.91 Å². The molecular weight excluding hydrogens is 443 g/mol. The number of hydrogen-bond acceptors (Lipinski definition) is 4. The van der Waals surface area contributed by atoms with E-state index in [-0.39, 0.29) is 22.8 Å². The third-order valence-corrected chi connectivity index (χ3v) is 6.31. The largest absolute Gasteiger partial charge is 0.342 e. The number of sulfonamides is 1. The van der Waals surface area contributed by atoms with Gasteiger partial charge in [-0.2, -0.15) is 4.72 Å². The molecule has 0 aliphatic heterocycles. The van der Waals surface area contributed by atoms with E-state index in [1.165, 1.54) is 30.3 Å². The Balaban J connectivity index is 1.48. The molecule has 0 aliphatic rings. The van der Waals surface area contributed by atoms with Crippen molar-refractivity contribution in [3.8, 4) is 12.3 Å². The zero-order valence-corrected chi connectivity index (χ0v) is 18.1. The average Bonchev–Trinajstić information content (AvgIpc) is 3.21. The van der Waals surface area contributed by atoms with E-state index in [4.69, 9.17) is 6.42 Å². The van der Waals surface area contributed by atoms with Crippen LogP contribution in [0.25, 0.3) is 11.0 Å². The minimum absolute atomic E-state index is 0.00978. The summed E-state index contributed by atoms with van der Waals surface area (Å²) in [6.07, 6.45) is 5.39. The number of aromatic nitrogens is 2. The third kappa shape index (κ3) is 5.09. The number of fused-ring (bicyclic) bond motifs is 1. The van der Waals surface area contributed by atoms with Gasteiger partial charge in [0.15, 0.2) is 0 Å². The number of nitrogens with one attached hydrogen (secondary N) is 3. The molecule has 33 heavy (non-hydrogen) atoms. The molecule has 4 rings (SSSR count). The van der Waals surface area contributed by atoms with Crippen LogP contribution in [0.5, 0.6) is 0 Å². The Hall–Kier alpha value is -4.00. The van der Waals surface area contributed by atoms with Crippen LogP contribution in [0.15, 0.2) is 71.6 Å². The second-order valence-corrected chi connectivity index (χ2v) is 8.96. The second kappa shape index (κ2) is 9.24. The zero-order valence-electron chi connectivity index (χ0n) is 17.3. The van der Waals surface area contributed by atoms with Crippen molar-refractivity contribution in [1.29, 1.82) is 0 Å². The van der Waals surface area contributed by atoms with Crippen molar-refractivity contribution in [1.82, 2.24) is 14.7 Å². The second-order valence-electron chi connectivity index (χ2n) is 7.19. The standard InChI is InChI=1S/C24H19FN4O3S/c1-2-13-26-33(31,32)19-10-7-16(8-11-19)24(30)27-18-9-12-21-22(15-18)29-23(28-21)14-17-5-3-4-6-20(17)25/h1,3-12,15,26H,13-14H2,(H,27,30)(H,28,29). The third-order valence-electron chi connectivity index (χ3n) is 4.90. The predicted molar refractivity (Wildman–Crippen MR) is 124 cm³/mol. The molecule has 166 valence electrons. The molecule has 1 heterocycles. The lowest BCUT2D eigenvalue weighted by atomic mass is 10.1. The number of benzene rings is 3. The molecule has 9 heteroatoms. The lowest BCUT2D eigenvalue weighted by Crippen LogP contribution is -2.24. The van der Waals surface area contributed by atoms with Crippen LogP contribution in [0.4, 0.5) is 10.1 Å². The van der Waals surface area contributed by atoms with E-state index in [0.717, 1.165) is 0 Å². The number of halogens is 1. The number of amides is 1. The Morgan fingerprint density at radius 3 is 2.58 bits per heavy atom. The Labute approximate surface area is 190 Å². The number of imidazole rings is 1. The van der Waals surface area contributed by atoms with Crippen molar-refractivity contribution < 1.29 is 17.6 Å². The SMILES string of the molecule is C#CCNS(=O)(=O)c1ccc(C(=O)Nc2ccc3nc(Cc4ccccc4F)[nH]c3c2)cc1. The Morgan fingerprint density at radius 1 is 1.09 bits per heavy atom. The lowest BCUT2D eigenvalue weighted by Gasteiger charge is -2.07. The lowest BCUT2D eigenvalue weighted by molar-refractivity contribution is 0.102. The monoisotopic (exact) mass is 462 g/mol. The van der Waals surface area contributed by atoms with Gasteiger partial charge in [-0.1, -0.05) is 24.1 Å². The maximum absolute atomic E-state index is 13.9. The highest BCUT2D eigenvalue weighted by Gasteiger charge is 2.15. The van der Waals surface area contributed by atoms with Gasteiger partial charge in [-0.05, 0) is 54.1 Å². The van der Waals surface area contributed by atoms with Gasteiger partial charge in [-0.15, -0.1) is 6.42 Å². The maximum atomic E-state index is 13.9. The summed E-state index contributed by atoms with van der Waals surface area (Å²) >= 11 is 0. The molecule has 0 saturated heterocycles. The van der Waals surface area contributed by atoms with Gasteiger partial charge < -0.3 is 10.3 Å². The number of hydrogen-bond donors (Lipinski definition) is 3. The van der Waals surface area contributed by atoms with Crippen molar-refractivity contribution in [3.05, 3.63) is 89.5 Å². The van der Waals surface area contributed by atoms with Gasteiger partial charge in [-0.25, -0.2) is 17.8 Å². The molecule has 7 nitrogen and oxygen atoms in total. The Morgan fingerprint density at radius 2 is 1.85 bits per heavy atom. The highest BCUT2D eigenvalue weighted by atomic mass is 32.2. The topological polar surface area (TPSA) is 104 Å². The molecule has 0 unspecified atom stereocenters. The fourth-order valence-corrected chi connectivity index (χ4v) is 4.19. The summed E-state index contributed by atoms with van der Waals surface area (Å²) in [5, 5.41) is 2.77. The molecule has 0 spiro atoms. The Kier molecular flexibility index (Phi) is 6.22. The minimum atomic E-state index is -3.73. The highest BCUT2D eigenvalue weighted by Crippen LogP contribution is 2.20. The number of carbonyl (C=O) groups is 1. The van der Waals surface area contributed by atoms with Crippen LogP contribution in [-0.4, -0.2) is 30.8 Å². The molecule has 3 N–H and O–H groups in total. The van der Waals surface area contributed by atoms with Crippen LogP contribution in [0.1, 0.15) is 21.7 Å². The number of anilines is 1. The van der Waals surface area contributed by atoms with E-state index < -0.39 is 15.9 Å². The quantitative estimate of drug-likeness (QED) is 0.366. The van der Waals surface area contributed by atoms with E-state index in [9.17, 15) is 17.6 Å². The van der Waals surface area contributed by atoms with Crippen LogP contribution in [0.2, 0.25) is 0 Å². The molecule has 0 fully saturated rings. The number of terminal acetylenes is 1. The van der Waals surface area contributed by atoms with Gasteiger partial charge in [0.2, 0.25) is 10.0 Å². The van der Waals surface area contributed by atoms with Crippen molar-refractivity contribution >= 4 is 32.7 Å². The summed E-state index contributed by atoms with van der Waals surface area (Å²) in [6.45, 7) is -0.122. The van der Waals surface area contributed by atoms with Crippen molar-refractivity contribution in [3.63, 3.8) is 0 Å². The van der Waals surface area contributed by atoms with Crippen molar-refractivity contribution in [2.45, 2.75) is 11.3 Å². The molecule has 0 saturated carbocycles. The summed E-state index contributed by atoms with van der Waals surface area (Å²) in [5.41, 5.74) is 2.73. The molecule has 1 amide bonds. The number of nitrogens with zero attached hydrogens (tertiary/aromatic N) is 1. The van der Waals surface area contributed by atoms with Crippen LogP contribution >= 0.6 is 0 Å². The molecule has 0 radical (unpaired) electrons. The summed E-state index contributed by atoms with van der Waals surface area (Å²) in [5.74, 6) is 2.11. The molecular formula is C24H19FN4O3S. The molecule has 0 atom stereocenters. The van der Waals surface area contributed by atoms with E-state index in [0.29, 0.717) is 34.5 Å². The normalized spacial score (nSPS) is 11.3. The van der Waals surface area contributed by atoms with Crippen molar-refractivity contribution in [2.75, 3.05) is 11.9 Å². The van der Waals surface area contributed by atoms with Crippen LogP contribution in [-0.2, 0) is 16.4 Å². The summed E-state index contributed by atoms with van der Waals surface area (Å²) in [6, 6.07) is 17.2. The zero-order chi connectivity index (χ0) is 23.4. The maximum Gasteiger partial charge on any atom is 0.255 e. The minimum Gasteiger partial charge on any atom is -0.342 e. The molecule has 0 aliphatic carbocycles. The fourth-order valence-electron chi connectivity index (χ4n) is 3.25. The van der Waals surface area contributed by atoms with Crippen molar-refractivity contribution in [2.24, 2.45) is 0 Å². The fraction of sp³-hybridized carbons (Fsp3) is 0.0833. The summed E-state index contributed by atoms with van der Waals surface area (Å²) in [4.78, 5) is 20.2. The number of rotatable bonds is 7. The molecule has 4 aromatic rings. The van der Waals surface area contributed by atoms with E-state index in [2.05, 4.69) is 25.9 Å². The first-order valence-electron chi connectivity index (χ1n) is 9.92. The first-order chi connectivity index (χ1) is 15.9.